The molecule has 1 fully saturated rings. The molecule has 21 N–H and O–H groups in total. The lowest BCUT2D eigenvalue weighted by Crippen LogP contribution is -2.61. The quantitative estimate of drug-likeness (QED) is 0.0328. The Morgan fingerprint density at radius 2 is 1.12 bits per heavy atom. The number of nitrogens with two attached hydrogens (primary N) is 5. The molecule has 27 heteroatoms. The molecule has 1 aromatic rings. The lowest BCUT2D eigenvalue weighted by Gasteiger charge is -2.28. The molecule has 1 aliphatic rings. The third kappa shape index (κ3) is 26.0. The van der Waals surface area contributed by atoms with E-state index in [1.807, 2.05) is 0 Å². The summed E-state index contributed by atoms with van der Waals surface area (Å²) in [6.45, 7) is 4.68. The number of unbranched alkanes of at least 4 members (excludes halogenated alkanes) is 4. The number of hydrogen-bond acceptors (Lipinski definition) is 19. The predicted octanol–water partition coefficient (Wildman–Crippen LogP) is -3.88. The van der Waals surface area contributed by atoms with Crippen molar-refractivity contribution in [1.29, 1.82) is 0 Å². The Kier molecular flexibility index (Phi) is 34.4. The molecule has 27 nitrogen and oxygen atoms in total. The largest absolute Gasteiger partial charge is 0.391 e. The Morgan fingerprint density at radius 1 is 0.602 bits per heavy atom. The summed E-state index contributed by atoms with van der Waals surface area (Å²) in [5.41, 5.74) is 29.9. The van der Waals surface area contributed by atoms with E-state index >= 15 is 0 Å². The molecule has 0 spiro atoms. The Hall–Kier alpha value is -6.33. The highest BCUT2D eigenvalue weighted by molar-refractivity contribution is 5.99. The second-order valence-corrected chi connectivity index (χ2v) is 21.4. The number of carbonyl (C=O) groups excluding carboxylic acids is 11. The zero-order valence-electron chi connectivity index (χ0n) is 48.7. The highest BCUT2D eigenvalue weighted by Crippen LogP contribution is 2.19. The van der Waals surface area contributed by atoms with Crippen molar-refractivity contribution in [2.75, 3.05) is 39.3 Å². The van der Waals surface area contributed by atoms with Crippen molar-refractivity contribution in [2.24, 2.45) is 46.4 Å². The fourth-order valence-electron chi connectivity index (χ4n) is 9.51. The summed E-state index contributed by atoms with van der Waals surface area (Å²) < 4.78 is 0. The summed E-state index contributed by atoms with van der Waals surface area (Å²) in [7, 11) is 0. The van der Waals surface area contributed by atoms with Crippen LogP contribution in [0.5, 0.6) is 0 Å². The molecule has 2 rings (SSSR count). The van der Waals surface area contributed by atoms with E-state index in [4.69, 9.17) is 28.7 Å². The van der Waals surface area contributed by atoms with E-state index < -0.39 is 163 Å². The number of amides is 8. The second-order valence-electron chi connectivity index (χ2n) is 21.4. The van der Waals surface area contributed by atoms with Gasteiger partial charge in [-0.05, 0) is 110 Å². The topological polar surface area (TPSA) is 475 Å². The molecular formula is C56H95N13O14. The van der Waals surface area contributed by atoms with Crippen LogP contribution >= 0.6 is 0 Å². The lowest BCUT2D eigenvalue weighted by molar-refractivity contribution is -0.137. The van der Waals surface area contributed by atoms with Gasteiger partial charge < -0.3 is 86.5 Å². The number of benzene rings is 1. The zero-order valence-corrected chi connectivity index (χ0v) is 48.7. The number of Topliss-reactive ketones (excluding diaryl/α,β-unsaturated/α-hetero) is 3. The Morgan fingerprint density at radius 3 is 1.67 bits per heavy atom. The van der Waals surface area contributed by atoms with E-state index in [0.29, 0.717) is 12.0 Å². The summed E-state index contributed by atoms with van der Waals surface area (Å²) in [5, 5.41) is 52.5. The first kappa shape index (κ1) is 72.8. The molecule has 1 aliphatic heterocycles. The summed E-state index contributed by atoms with van der Waals surface area (Å²) in [5.74, 6) is -12.5. The number of aliphatic hydroxyl groups is 3. The van der Waals surface area contributed by atoms with Gasteiger partial charge in [-0.25, -0.2) is 0 Å². The van der Waals surface area contributed by atoms with Gasteiger partial charge in [-0.2, -0.15) is 0 Å². The third-order valence-electron chi connectivity index (χ3n) is 14.4. The van der Waals surface area contributed by atoms with Crippen LogP contribution in [0.25, 0.3) is 0 Å². The molecule has 0 aliphatic carbocycles. The van der Waals surface area contributed by atoms with Gasteiger partial charge in [-0.3, -0.25) is 52.7 Å². The van der Waals surface area contributed by atoms with Crippen LogP contribution in [0.1, 0.15) is 130 Å². The molecule has 468 valence electrons. The van der Waals surface area contributed by atoms with Crippen LogP contribution in [-0.4, -0.2) is 180 Å². The number of carbonyl (C=O) groups is 11. The molecule has 0 radical (unpaired) electrons. The van der Waals surface area contributed by atoms with Crippen molar-refractivity contribution < 1.29 is 68.1 Å². The summed E-state index contributed by atoms with van der Waals surface area (Å²) in [6, 6.07) is -2.40. The number of ketones is 3. The third-order valence-corrected chi connectivity index (χ3v) is 14.4. The molecule has 13 atom stereocenters. The van der Waals surface area contributed by atoms with Crippen LogP contribution in [0.3, 0.4) is 0 Å². The number of nitrogens with one attached hydrogen (secondary N) is 8. The first-order valence-corrected chi connectivity index (χ1v) is 29.0. The van der Waals surface area contributed by atoms with E-state index in [9.17, 15) is 68.1 Å². The van der Waals surface area contributed by atoms with Crippen molar-refractivity contribution in [2.45, 2.75) is 191 Å². The Bertz CT molecular complexity index is 2260. The van der Waals surface area contributed by atoms with E-state index in [2.05, 4.69) is 49.5 Å². The smallest absolute Gasteiger partial charge is 0.245 e. The molecule has 1 saturated heterocycles. The average Bonchev–Trinajstić information content (AvgIpc) is 3.48. The van der Waals surface area contributed by atoms with Gasteiger partial charge in [0.15, 0.2) is 11.6 Å². The van der Waals surface area contributed by atoms with E-state index in [-0.39, 0.29) is 89.9 Å². The van der Waals surface area contributed by atoms with Gasteiger partial charge in [0, 0.05) is 50.0 Å². The van der Waals surface area contributed by atoms with Gasteiger partial charge in [-0.15, -0.1) is 0 Å². The van der Waals surface area contributed by atoms with Crippen LogP contribution in [0.4, 0.5) is 0 Å². The minimum atomic E-state index is -1.72. The van der Waals surface area contributed by atoms with Gasteiger partial charge >= 0.3 is 0 Å². The van der Waals surface area contributed by atoms with Crippen LogP contribution in [0, 0.1) is 17.8 Å². The molecule has 0 bridgehead atoms. The SMILES string of the molecule is CCCCCCCC(=O)C[C@@H](CCN)C(=O)N[C@H](C(=O)C[C@@H](CCN)C(=O)N[C@H]1CCNC(=O)[C@H]([C@@H](C)O)NC(=O)[C@H](CCN)NC(=O)[C@H](CCN)NC(=O)[C@H]([C@@H](C)O)NC(=O)[C@H](Cc2ccccc2)CC(=O)[C@H](CCN)NC1=O)[C@@H](C)O. The van der Waals surface area contributed by atoms with E-state index in [1.165, 1.54) is 20.8 Å². The minimum absolute atomic E-state index is 0.0523. The zero-order chi connectivity index (χ0) is 62.2. The maximum atomic E-state index is 14.5. The number of aliphatic hydroxyl groups excluding tert-OH is 3. The first-order chi connectivity index (χ1) is 39.5. The summed E-state index contributed by atoms with van der Waals surface area (Å²) in [4.78, 5) is 153. The van der Waals surface area contributed by atoms with Crippen LogP contribution in [0.2, 0.25) is 0 Å². The maximum absolute atomic E-state index is 14.5. The number of rotatable bonds is 30. The monoisotopic (exact) mass is 1170 g/mol. The molecule has 83 heavy (non-hydrogen) atoms. The Labute approximate surface area is 486 Å². The fourth-order valence-corrected chi connectivity index (χ4v) is 9.51. The normalized spacial score (nSPS) is 23.3. The van der Waals surface area contributed by atoms with Gasteiger partial charge in [0.25, 0.3) is 0 Å². The molecule has 0 aromatic heterocycles. The fraction of sp³-hybridized carbons (Fsp3) is 0.696. The highest BCUT2D eigenvalue weighted by Gasteiger charge is 2.38. The van der Waals surface area contributed by atoms with Crippen molar-refractivity contribution in [3.05, 3.63) is 35.9 Å². The van der Waals surface area contributed by atoms with Gasteiger partial charge in [0.05, 0.1) is 24.4 Å². The van der Waals surface area contributed by atoms with Crippen molar-refractivity contribution in [3.8, 4) is 0 Å². The molecule has 8 amide bonds. The molecule has 0 saturated carbocycles. The molecule has 0 unspecified atom stereocenters. The van der Waals surface area contributed by atoms with Gasteiger partial charge in [-0.1, -0.05) is 62.9 Å². The summed E-state index contributed by atoms with van der Waals surface area (Å²) >= 11 is 0. The molecule has 1 aromatic carbocycles. The maximum Gasteiger partial charge on any atom is 0.245 e. The lowest BCUT2D eigenvalue weighted by atomic mass is 9.90. The first-order valence-electron chi connectivity index (χ1n) is 29.0. The highest BCUT2D eigenvalue weighted by atomic mass is 16.3. The standard InChI is InChI=1S/C56H95N13O14/c1-5-6-7-8-12-15-39(73)29-36(16-22-57)50(77)67-46(32(2)70)45(75)30-37(17-23-58)49(76)64-43-21-27-62-55(82)47(33(3)71)69-54(81)42(20-26-61)65-52(79)41(19-25-60)66-56(83)48(34(4)72)68-51(78)38(28-35-13-10-9-11-14-35)31-44(74)40(18-24-59)63-53(43)80/h9-11,13-14,32-34,36-38,40-43,46-48,70-72H,5-8,12,15-31,57-61H2,1-4H3,(H,62,82)(H,63,80)(H,64,76)(H,65,79)(H,66,83)(H,67,77)(H,68,78)(H,69,81)/t32-,33-,34-,36-,37-,38-,40+,41+,42+,43+,46+,47+,48+/m1/s1. The van der Waals surface area contributed by atoms with Crippen molar-refractivity contribution >= 4 is 64.6 Å². The summed E-state index contributed by atoms with van der Waals surface area (Å²) in [6.07, 6.45) is -2.28. The average molecular weight is 1170 g/mol. The second kappa shape index (κ2) is 39.3. The van der Waals surface area contributed by atoms with Gasteiger partial charge in [0.1, 0.15) is 42.0 Å². The molecule has 1 heterocycles. The van der Waals surface area contributed by atoms with E-state index in [0.717, 1.165) is 25.7 Å². The van der Waals surface area contributed by atoms with Crippen LogP contribution < -0.4 is 71.2 Å². The Balaban J connectivity index is 2.67. The predicted molar refractivity (Wildman–Crippen MR) is 307 cm³/mol. The van der Waals surface area contributed by atoms with Crippen molar-refractivity contribution in [3.63, 3.8) is 0 Å². The van der Waals surface area contributed by atoms with Crippen LogP contribution in [0.15, 0.2) is 30.3 Å². The van der Waals surface area contributed by atoms with Gasteiger partial charge in [0.2, 0.25) is 47.3 Å². The van der Waals surface area contributed by atoms with E-state index in [1.54, 1.807) is 30.3 Å². The number of hydrogen-bond donors (Lipinski definition) is 16. The minimum Gasteiger partial charge on any atom is -0.391 e. The van der Waals surface area contributed by atoms with Crippen molar-refractivity contribution in [1.82, 2.24) is 42.5 Å². The van der Waals surface area contributed by atoms with Crippen LogP contribution in [-0.2, 0) is 59.2 Å². The molecular weight excluding hydrogens is 1080 g/mol.